The molecule has 0 heterocycles. The summed E-state index contributed by atoms with van der Waals surface area (Å²) in [5.74, 6) is 0. The van der Waals surface area contributed by atoms with Gasteiger partial charge in [-0.05, 0) is 51.8 Å². The van der Waals surface area contributed by atoms with Crippen LogP contribution in [0.2, 0.25) is 0 Å². The zero-order valence-electron chi connectivity index (χ0n) is 21.2. The third-order valence-corrected chi connectivity index (χ3v) is 8.18. The van der Waals surface area contributed by atoms with Crippen molar-refractivity contribution in [3.8, 4) is 30.3 Å². The molecule has 3 rings (SSSR count). The Morgan fingerprint density at radius 3 is 1.33 bits per heavy atom. The van der Waals surface area contributed by atoms with Crippen molar-refractivity contribution in [3.63, 3.8) is 0 Å². The van der Waals surface area contributed by atoms with Gasteiger partial charge in [0.15, 0.2) is 7.14 Å². The van der Waals surface area contributed by atoms with Gasteiger partial charge < -0.3 is 0 Å². The largest absolute Gasteiger partial charge is 0.357 e. The van der Waals surface area contributed by atoms with Gasteiger partial charge in [0.2, 0.25) is 0 Å². The highest BCUT2D eigenvalue weighted by Gasteiger charge is 2.35. The van der Waals surface area contributed by atoms with Crippen LogP contribution >= 0.6 is 0 Å². The molecule has 36 heavy (non-hydrogen) atoms. The van der Waals surface area contributed by atoms with Crippen LogP contribution < -0.4 is 21.2 Å². The van der Waals surface area contributed by atoms with Crippen molar-refractivity contribution in [3.05, 3.63) is 89.6 Å². The second-order valence-electron chi connectivity index (χ2n) is 10.2. The molecule has 2 aromatic rings. The van der Waals surface area contributed by atoms with E-state index in [0.717, 1.165) is 0 Å². The molecule has 0 fully saturated rings. The number of benzene rings is 2. The Kier molecular flexibility index (Phi) is 8.84. The van der Waals surface area contributed by atoms with Gasteiger partial charge in [0.1, 0.15) is 5.41 Å². The van der Waals surface area contributed by atoms with Crippen LogP contribution in [0.3, 0.4) is 0 Å². The quantitative estimate of drug-likeness (QED) is 0.398. The van der Waals surface area contributed by atoms with E-state index in [0.29, 0.717) is 0 Å². The van der Waals surface area contributed by atoms with E-state index < -0.39 is 5.41 Å². The molecule has 0 radical (unpaired) electrons. The normalized spacial score (nSPS) is 14.1. The van der Waals surface area contributed by atoms with Crippen LogP contribution in [-0.2, 0) is 10.8 Å². The molecule has 0 saturated heterocycles. The van der Waals surface area contributed by atoms with Crippen molar-refractivity contribution in [1.29, 1.82) is 26.3 Å². The van der Waals surface area contributed by atoms with Crippen LogP contribution in [0, 0.1) is 75.3 Å². The Morgan fingerprint density at radius 1 is 0.639 bits per heavy atom. The molecule has 0 amide bonds. The molecular weight excluding hydrogens is 557 g/mol. The first kappa shape index (κ1) is 28.3. The molecule has 0 spiro atoms. The van der Waals surface area contributed by atoms with Crippen molar-refractivity contribution in [2.24, 2.45) is 5.41 Å². The Bertz CT molecular complexity index is 1330. The number of nitriles is 5. The summed E-state index contributed by atoms with van der Waals surface area (Å²) in [4.78, 5) is 0. The summed E-state index contributed by atoms with van der Waals surface area (Å²) < 4.78 is 2.98. The molecule has 0 aromatic heterocycles. The third kappa shape index (κ3) is 6.40. The minimum absolute atomic E-state index is 0.0703. The summed E-state index contributed by atoms with van der Waals surface area (Å²) in [6.07, 6.45) is 2.27. The molecule has 5 nitrogen and oxygen atoms in total. The zero-order chi connectivity index (χ0) is 27.1. The van der Waals surface area contributed by atoms with Gasteiger partial charge in [0, 0.05) is 11.6 Å². The number of hydrogen-bond acceptors (Lipinski definition) is 5. The smallest absolute Gasteiger partial charge is 0.285 e. The number of hydrogen-bond donors (Lipinski definition) is 0. The molecule has 0 atom stereocenters. The van der Waals surface area contributed by atoms with Crippen LogP contribution in [0.15, 0.2) is 65.3 Å². The van der Waals surface area contributed by atoms with Crippen molar-refractivity contribution in [1.82, 2.24) is 0 Å². The van der Waals surface area contributed by atoms with Crippen molar-refractivity contribution < 1.29 is 21.2 Å². The van der Waals surface area contributed by atoms with Crippen molar-refractivity contribution >= 4 is 0 Å². The standard InChI is InChI=1S/C20H26I.C10N5/c1-19(2,3)15-7-11-17(12-8-15)21-18-13-9-16(10-14-18)20(4,5)6;11-2-7-1-10(5-14,6-15)9(4-13)8(7)3-12/h7-14H,1-6H3;/q+1;-1. The first-order valence-corrected chi connectivity index (χ1v) is 13.3. The molecule has 178 valence electrons. The summed E-state index contributed by atoms with van der Waals surface area (Å²) in [5, 5.41) is 43.7. The van der Waals surface area contributed by atoms with Crippen molar-refractivity contribution in [2.75, 3.05) is 0 Å². The molecule has 2 aromatic carbocycles. The minimum atomic E-state index is -1.91. The molecule has 0 saturated carbocycles. The van der Waals surface area contributed by atoms with Gasteiger partial charge >= 0.3 is 21.2 Å². The molecule has 0 N–H and O–H groups in total. The zero-order valence-corrected chi connectivity index (χ0v) is 23.4. The van der Waals surface area contributed by atoms with E-state index in [1.54, 1.807) is 30.3 Å². The van der Waals surface area contributed by atoms with Gasteiger partial charge in [-0.2, -0.15) is 15.8 Å². The highest BCUT2D eigenvalue weighted by Crippen LogP contribution is 2.38. The second-order valence-corrected chi connectivity index (χ2v) is 13.2. The van der Waals surface area contributed by atoms with Crippen LogP contribution in [0.1, 0.15) is 52.7 Å². The molecular formula is C30H26IN5. The van der Waals surface area contributed by atoms with E-state index in [1.165, 1.54) is 18.3 Å². The van der Waals surface area contributed by atoms with E-state index >= 15 is 0 Å². The third-order valence-electron chi connectivity index (χ3n) is 5.50. The van der Waals surface area contributed by atoms with Gasteiger partial charge in [-0.3, -0.25) is 5.26 Å². The Morgan fingerprint density at radius 2 is 1.06 bits per heavy atom. The lowest BCUT2D eigenvalue weighted by Gasteiger charge is -2.18. The molecule has 1 aliphatic carbocycles. The monoisotopic (exact) mass is 583 g/mol. The Hall–Kier alpha value is -3.90. The molecule has 6 heteroatoms. The lowest BCUT2D eigenvalue weighted by Crippen LogP contribution is -3.61. The Labute approximate surface area is 224 Å². The molecule has 0 unspecified atom stereocenters. The maximum absolute atomic E-state index is 8.79. The maximum Gasteiger partial charge on any atom is 0.357 e. The number of nitrogens with zero attached hydrogens (tertiary/aromatic N) is 5. The van der Waals surface area contributed by atoms with Crippen LogP contribution in [0.5, 0.6) is 0 Å². The summed E-state index contributed by atoms with van der Waals surface area (Å²) in [6.45, 7) is 13.6. The fraction of sp³-hybridized carbons (Fsp3) is 0.300. The van der Waals surface area contributed by atoms with Crippen LogP contribution in [0.25, 0.3) is 0 Å². The number of allylic oxidation sites excluding steroid dienone is 4. The predicted molar refractivity (Wildman–Crippen MR) is 132 cm³/mol. The molecule has 1 aliphatic rings. The topological polar surface area (TPSA) is 119 Å². The average molecular weight is 583 g/mol. The average Bonchev–Trinajstić information content (AvgIpc) is 3.17. The van der Waals surface area contributed by atoms with Gasteiger partial charge in [-0.25, -0.2) is 5.26 Å². The van der Waals surface area contributed by atoms with Gasteiger partial charge in [0.05, 0.1) is 18.2 Å². The molecule has 0 bridgehead atoms. The van der Waals surface area contributed by atoms with E-state index in [4.69, 9.17) is 26.3 Å². The van der Waals surface area contributed by atoms with Crippen LogP contribution in [-0.4, -0.2) is 0 Å². The second kappa shape index (κ2) is 11.2. The van der Waals surface area contributed by atoms with E-state index in [-0.39, 0.29) is 48.8 Å². The molecule has 0 aliphatic heterocycles. The van der Waals surface area contributed by atoms with Crippen molar-refractivity contribution in [2.45, 2.75) is 52.4 Å². The lowest BCUT2D eigenvalue weighted by molar-refractivity contribution is -0.597. The van der Waals surface area contributed by atoms with E-state index in [2.05, 4.69) is 96.1 Å². The summed E-state index contributed by atoms with van der Waals surface area (Å²) in [7, 11) is 0. The summed E-state index contributed by atoms with van der Waals surface area (Å²) >= 11 is -0.0703. The Balaban J connectivity index is 0.000000269. The van der Waals surface area contributed by atoms with Gasteiger partial charge in [-0.15, -0.1) is 11.6 Å². The van der Waals surface area contributed by atoms with Crippen LogP contribution in [0.4, 0.5) is 0 Å². The summed E-state index contributed by atoms with van der Waals surface area (Å²) in [5.41, 5.74) is 0.602. The van der Waals surface area contributed by atoms with Gasteiger partial charge in [0.25, 0.3) is 0 Å². The predicted octanol–water partition coefficient (Wildman–Crippen LogP) is 3.04. The van der Waals surface area contributed by atoms with E-state index in [1.807, 2.05) is 0 Å². The highest BCUT2D eigenvalue weighted by molar-refractivity contribution is 5.67. The maximum atomic E-state index is 8.79. The first-order chi connectivity index (χ1) is 16.8. The fourth-order valence-corrected chi connectivity index (χ4v) is 5.46. The summed E-state index contributed by atoms with van der Waals surface area (Å²) in [6, 6.07) is 26.4. The van der Waals surface area contributed by atoms with E-state index in [9.17, 15) is 0 Å². The SMILES string of the molecule is CC(C)(C)c1ccc([I+]c2ccc(C(C)(C)C)cc2)cc1.N#CC1=[C-]C(C#N)(C#N)C(C#N)=C1C#N. The van der Waals surface area contributed by atoms with Gasteiger partial charge in [-0.1, -0.05) is 71.9 Å². The number of rotatable bonds is 2. The number of halogens is 1. The fourth-order valence-electron chi connectivity index (χ4n) is 3.30. The minimum Gasteiger partial charge on any atom is -0.285 e. The lowest BCUT2D eigenvalue weighted by atomic mass is 9.86. The highest BCUT2D eigenvalue weighted by atomic mass is 127. The first-order valence-electron chi connectivity index (χ1n) is 11.1.